The van der Waals surface area contributed by atoms with E-state index in [-0.39, 0.29) is 6.03 Å². The second-order valence-corrected chi connectivity index (χ2v) is 6.24. The monoisotopic (exact) mass is 356 g/mol. The van der Waals surface area contributed by atoms with Crippen molar-refractivity contribution in [2.24, 2.45) is 0 Å². The Hall–Kier alpha value is -2.53. The van der Waals surface area contributed by atoms with Crippen LogP contribution in [0.4, 0.5) is 10.5 Å². The van der Waals surface area contributed by atoms with E-state index < -0.39 is 0 Å². The number of carbonyl (C=O) groups excluding carboxylic acids is 1. The van der Waals surface area contributed by atoms with Gasteiger partial charge in [0.25, 0.3) is 0 Å². The lowest BCUT2D eigenvalue weighted by Crippen LogP contribution is -2.30. The van der Waals surface area contributed by atoms with Crippen LogP contribution < -0.4 is 10.6 Å². The zero-order valence-corrected chi connectivity index (χ0v) is 14.9. The molecule has 5 nitrogen and oxygen atoms in total. The Balaban J connectivity index is 1.61. The molecule has 2 heterocycles. The molecular formula is C19H21ClN4O. The normalized spacial score (nSPS) is 10.8. The number of aryl methyl sites for hydroxylation is 1. The smallest absolute Gasteiger partial charge is 0.319 e. The van der Waals surface area contributed by atoms with Gasteiger partial charge in [0.15, 0.2) is 0 Å². The van der Waals surface area contributed by atoms with Gasteiger partial charge in [-0.1, -0.05) is 30.7 Å². The minimum atomic E-state index is -0.261. The Kier molecular flexibility index (Phi) is 5.56. The molecule has 2 amide bonds. The predicted molar refractivity (Wildman–Crippen MR) is 102 cm³/mol. The van der Waals surface area contributed by atoms with Crippen LogP contribution >= 0.6 is 11.6 Å². The van der Waals surface area contributed by atoms with Gasteiger partial charge in [-0.3, -0.25) is 0 Å². The molecule has 2 aromatic heterocycles. The van der Waals surface area contributed by atoms with Crippen molar-refractivity contribution in [3.63, 3.8) is 0 Å². The molecule has 6 heteroatoms. The fourth-order valence-corrected chi connectivity index (χ4v) is 3.03. The lowest BCUT2D eigenvalue weighted by atomic mass is 10.1. The maximum absolute atomic E-state index is 12.0. The highest BCUT2D eigenvalue weighted by atomic mass is 35.5. The highest BCUT2D eigenvalue weighted by molar-refractivity contribution is 6.33. The topological polar surface area (TPSA) is 59.0 Å². The number of hydrogen-bond acceptors (Lipinski definition) is 2. The molecule has 0 fully saturated rings. The van der Waals surface area contributed by atoms with E-state index in [0.717, 1.165) is 30.4 Å². The first kappa shape index (κ1) is 17.3. The predicted octanol–water partition coefficient (Wildman–Crippen LogP) is 4.46. The number of benzene rings is 1. The van der Waals surface area contributed by atoms with Crippen LogP contribution in [0, 0.1) is 0 Å². The Morgan fingerprint density at radius 2 is 2.08 bits per heavy atom. The number of hydrogen-bond donors (Lipinski definition) is 2. The third-order valence-electron chi connectivity index (χ3n) is 3.98. The van der Waals surface area contributed by atoms with Gasteiger partial charge < -0.3 is 15.2 Å². The van der Waals surface area contributed by atoms with E-state index in [1.165, 1.54) is 5.56 Å². The lowest BCUT2D eigenvalue weighted by Gasteiger charge is -2.08. The lowest BCUT2D eigenvalue weighted by molar-refractivity contribution is 0.252. The third kappa shape index (κ3) is 4.12. The zero-order valence-electron chi connectivity index (χ0n) is 14.1. The van der Waals surface area contributed by atoms with Crippen molar-refractivity contribution in [1.29, 1.82) is 0 Å². The van der Waals surface area contributed by atoms with E-state index >= 15 is 0 Å². The summed E-state index contributed by atoms with van der Waals surface area (Å²) in [7, 11) is 0. The van der Waals surface area contributed by atoms with Crippen LogP contribution in [0.5, 0.6) is 0 Å². The van der Waals surface area contributed by atoms with Gasteiger partial charge in [0.2, 0.25) is 0 Å². The number of nitrogens with zero attached hydrogens (tertiary/aromatic N) is 2. The Morgan fingerprint density at radius 1 is 1.24 bits per heavy atom. The average molecular weight is 357 g/mol. The number of amides is 2. The molecule has 25 heavy (non-hydrogen) atoms. The first-order valence-electron chi connectivity index (χ1n) is 8.41. The quantitative estimate of drug-likeness (QED) is 0.684. The van der Waals surface area contributed by atoms with E-state index in [4.69, 9.17) is 11.6 Å². The van der Waals surface area contributed by atoms with Crippen molar-refractivity contribution in [2.45, 2.75) is 26.3 Å². The van der Waals surface area contributed by atoms with Crippen LogP contribution in [-0.2, 0) is 13.0 Å². The molecule has 0 aliphatic heterocycles. The summed E-state index contributed by atoms with van der Waals surface area (Å²) < 4.78 is 2.18. The van der Waals surface area contributed by atoms with Crippen molar-refractivity contribution >= 4 is 34.4 Å². The van der Waals surface area contributed by atoms with Gasteiger partial charge >= 0.3 is 6.03 Å². The summed E-state index contributed by atoms with van der Waals surface area (Å²) in [4.78, 5) is 16.5. The molecule has 2 N–H and O–H groups in total. The number of anilines is 1. The molecule has 1 aromatic carbocycles. The molecule has 130 valence electrons. The maximum Gasteiger partial charge on any atom is 0.319 e. The molecule has 3 aromatic rings. The van der Waals surface area contributed by atoms with Crippen LogP contribution in [0.15, 0.2) is 48.8 Å². The number of urea groups is 1. The average Bonchev–Trinajstić information content (AvgIpc) is 2.96. The molecule has 0 radical (unpaired) electrons. The minimum Gasteiger partial charge on any atom is -0.338 e. The summed E-state index contributed by atoms with van der Waals surface area (Å²) in [6.45, 7) is 3.62. The van der Waals surface area contributed by atoms with Gasteiger partial charge in [-0.25, -0.2) is 9.78 Å². The second-order valence-electron chi connectivity index (χ2n) is 5.83. The van der Waals surface area contributed by atoms with E-state index in [0.29, 0.717) is 17.3 Å². The SMILES string of the molecule is CCCn1cc(CCNC(=O)Nc2ccccc2Cl)c2cccnc21. The fourth-order valence-electron chi connectivity index (χ4n) is 2.85. The molecule has 0 aliphatic rings. The summed E-state index contributed by atoms with van der Waals surface area (Å²) in [6, 6.07) is 10.9. The first-order valence-corrected chi connectivity index (χ1v) is 8.79. The summed E-state index contributed by atoms with van der Waals surface area (Å²) in [5.41, 5.74) is 2.79. The van der Waals surface area contributed by atoms with Gasteiger partial charge in [-0.15, -0.1) is 0 Å². The minimum absolute atomic E-state index is 0.261. The van der Waals surface area contributed by atoms with Gasteiger partial charge in [0, 0.05) is 30.9 Å². The van der Waals surface area contributed by atoms with E-state index in [1.807, 2.05) is 24.4 Å². The molecule has 0 atom stereocenters. The van der Waals surface area contributed by atoms with Crippen molar-refractivity contribution in [3.05, 3.63) is 59.4 Å². The van der Waals surface area contributed by atoms with Crippen LogP contribution in [-0.4, -0.2) is 22.1 Å². The van der Waals surface area contributed by atoms with Crippen LogP contribution in [0.1, 0.15) is 18.9 Å². The van der Waals surface area contributed by atoms with Crippen molar-refractivity contribution in [3.8, 4) is 0 Å². The molecule has 0 saturated carbocycles. The summed E-state index contributed by atoms with van der Waals surface area (Å²) in [5, 5.41) is 7.30. The molecule has 0 saturated heterocycles. The van der Waals surface area contributed by atoms with Crippen molar-refractivity contribution in [2.75, 3.05) is 11.9 Å². The van der Waals surface area contributed by atoms with E-state index in [1.54, 1.807) is 12.1 Å². The standard InChI is InChI=1S/C19H21ClN4O/c1-2-12-24-13-14(15-6-5-10-21-18(15)24)9-11-22-19(25)23-17-8-4-3-7-16(17)20/h3-8,10,13H,2,9,11-12H2,1H3,(H2,22,23,25). The Bertz CT molecular complexity index is 875. The van der Waals surface area contributed by atoms with Gasteiger partial charge in [0.1, 0.15) is 5.65 Å². The first-order chi connectivity index (χ1) is 12.2. The summed E-state index contributed by atoms with van der Waals surface area (Å²) in [6.07, 6.45) is 5.75. The largest absolute Gasteiger partial charge is 0.338 e. The summed E-state index contributed by atoms with van der Waals surface area (Å²) in [5.74, 6) is 0. The third-order valence-corrected chi connectivity index (χ3v) is 4.31. The fraction of sp³-hybridized carbons (Fsp3) is 0.263. The van der Waals surface area contributed by atoms with E-state index in [9.17, 15) is 4.79 Å². The number of nitrogens with one attached hydrogen (secondary N) is 2. The number of para-hydroxylation sites is 1. The molecule has 0 spiro atoms. The number of aromatic nitrogens is 2. The maximum atomic E-state index is 12.0. The number of rotatable bonds is 6. The van der Waals surface area contributed by atoms with Gasteiger partial charge in [0.05, 0.1) is 10.7 Å². The number of fused-ring (bicyclic) bond motifs is 1. The molecule has 0 unspecified atom stereocenters. The molecule has 0 bridgehead atoms. The second kappa shape index (κ2) is 8.03. The number of pyridine rings is 1. The van der Waals surface area contributed by atoms with Crippen LogP contribution in [0.25, 0.3) is 11.0 Å². The van der Waals surface area contributed by atoms with Crippen LogP contribution in [0.2, 0.25) is 5.02 Å². The van der Waals surface area contributed by atoms with Gasteiger partial charge in [-0.05, 0) is 42.7 Å². The van der Waals surface area contributed by atoms with E-state index in [2.05, 4.69) is 39.4 Å². The highest BCUT2D eigenvalue weighted by Gasteiger charge is 2.09. The number of carbonyl (C=O) groups is 1. The van der Waals surface area contributed by atoms with Crippen LogP contribution in [0.3, 0.4) is 0 Å². The van der Waals surface area contributed by atoms with Crippen molar-refractivity contribution < 1.29 is 4.79 Å². The molecular weight excluding hydrogens is 336 g/mol. The molecule has 3 rings (SSSR count). The van der Waals surface area contributed by atoms with Gasteiger partial charge in [-0.2, -0.15) is 0 Å². The Morgan fingerprint density at radius 3 is 2.88 bits per heavy atom. The summed E-state index contributed by atoms with van der Waals surface area (Å²) >= 11 is 6.04. The van der Waals surface area contributed by atoms with Crippen molar-refractivity contribution in [1.82, 2.24) is 14.9 Å². The number of halogens is 1. The zero-order chi connectivity index (χ0) is 17.6. The molecule has 0 aliphatic carbocycles. The Labute approximate surface area is 152 Å². The highest BCUT2D eigenvalue weighted by Crippen LogP contribution is 2.21.